The van der Waals surface area contributed by atoms with E-state index in [0.29, 0.717) is 17.7 Å². The minimum atomic E-state index is 0.0720. The maximum atomic E-state index is 12.2. The summed E-state index contributed by atoms with van der Waals surface area (Å²) in [5, 5.41) is 12.3. The number of aromatic nitrogens is 3. The molecule has 0 aliphatic heterocycles. The molecule has 1 aliphatic rings. The largest absolute Gasteiger partial charge is 0.469 e. The van der Waals surface area contributed by atoms with E-state index in [1.807, 2.05) is 24.6 Å². The van der Waals surface area contributed by atoms with Crippen LogP contribution in [0.4, 0.5) is 0 Å². The Morgan fingerprint density at radius 2 is 2.21 bits per heavy atom. The summed E-state index contributed by atoms with van der Waals surface area (Å²) in [4.78, 5) is 12.2. The number of hydrogen-bond acceptors (Lipinski definition) is 5. The molecule has 7 heteroatoms. The van der Waals surface area contributed by atoms with Crippen LogP contribution in [0.25, 0.3) is 11.4 Å². The Kier molecular flexibility index (Phi) is 5.28. The molecule has 0 bridgehead atoms. The molecular formula is C17H24N4O2S. The van der Waals surface area contributed by atoms with Crippen molar-refractivity contribution in [1.29, 1.82) is 0 Å². The lowest BCUT2D eigenvalue weighted by Gasteiger charge is -2.29. The smallest absolute Gasteiger partial charge is 0.230 e. The first-order chi connectivity index (χ1) is 11.6. The number of furan rings is 1. The first-order valence-corrected chi connectivity index (χ1v) is 9.41. The molecule has 0 aromatic carbocycles. The summed E-state index contributed by atoms with van der Waals surface area (Å²) in [5.41, 5.74) is 0.928. The van der Waals surface area contributed by atoms with Crippen molar-refractivity contribution in [2.75, 3.05) is 5.75 Å². The van der Waals surface area contributed by atoms with Crippen molar-refractivity contribution in [3.8, 4) is 11.4 Å². The van der Waals surface area contributed by atoms with Gasteiger partial charge in [0.1, 0.15) is 5.76 Å². The van der Waals surface area contributed by atoms with Gasteiger partial charge >= 0.3 is 0 Å². The third-order valence-corrected chi connectivity index (χ3v) is 5.75. The molecule has 0 saturated heterocycles. The fraction of sp³-hybridized carbons (Fsp3) is 0.588. The number of carbonyl (C=O) groups is 1. The molecular weight excluding hydrogens is 324 g/mol. The topological polar surface area (TPSA) is 72.9 Å². The molecule has 2 aromatic rings. The van der Waals surface area contributed by atoms with Gasteiger partial charge in [0, 0.05) is 13.1 Å². The Hall–Kier alpha value is -1.76. The lowest BCUT2D eigenvalue weighted by Crippen LogP contribution is -2.41. The van der Waals surface area contributed by atoms with E-state index in [9.17, 15) is 4.79 Å². The van der Waals surface area contributed by atoms with E-state index in [-0.39, 0.29) is 5.91 Å². The van der Waals surface area contributed by atoms with Crippen molar-refractivity contribution in [2.45, 2.75) is 50.7 Å². The van der Waals surface area contributed by atoms with E-state index in [4.69, 9.17) is 4.42 Å². The number of aryl methyl sites for hydroxylation is 1. The SMILES string of the molecule is Cc1occc1-c1nnc(SCC(=O)N[C@H]2CCCC[C@H]2C)n1C. The van der Waals surface area contributed by atoms with Crippen LogP contribution in [0, 0.1) is 12.8 Å². The number of carbonyl (C=O) groups excluding carboxylic acids is 1. The van der Waals surface area contributed by atoms with Crippen LogP contribution >= 0.6 is 11.8 Å². The van der Waals surface area contributed by atoms with Crippen LogP contribution < -0.4 is 5.32 Å². The molecule has 1 fully saturated rings. The standard InChI is InChI=1S/C17H24N4O2S/c1-11-6-4-5-7-14(11)18-15(22)10-24-17-20-19-16(21(17)3)13-8-9-23-12(13)2/h8-9,11,14H,4-7,10H2,1-3H3,(H,18,22)/t11-,14+/m1/s1. The van der Waals surface area contributed by atoms with Crippen molar-refractivity contribution in [1.82, 2.24) is 20.1 Å². The molecule has 2 heterocycles. The van der Waals surface area contributed by atoms with E-state index < -0.39 is 0 Å². The zero-order valence-electron chi connectivity index (χ0n) is 14.4. The number of nitrogens with one attached hydrogen (secondary N) is 1. The van der Waals surface area contributed by atoms with Gasteiger partial charge in [0.2, 0.25) is 5.91 Å². The Bertz CT molecular complexity index is 709. The summed E-state index contributed by atoms with van der Waals surface area (Å²) in [5.74, 6) is 2.57. The Morgan fingerprint density at radius 3 is 2.92 bits per heavy atom. The summed E-state index contributed by atoms with van der Waals surface area (Å²) in [6.45, 7) is 4.12. The highest BCUT2D eigenvalue weighted by Crippen LogP contribution is 2.26. The van der Waals surface area contributed by atoms with Crippen LogP contribution in [-0.4, -0.2) is 32.5 Å². The van der Waals surface area contributed by atoms with Gasteiger partial charge in [-0.2, -0.15) is 0 Å². The Morgan fingerprint density at radius 1 is 1.42 bits per heavy atom. The molecule has 0 radical (unpaired) electrons. The molecule has 0 spiro atoms. The van der Waals surface area contributed by atoms with E-state index >= 15 is 0 Å². The highest BCUT2D eigenvalue weighted by molar-refractivity contribution is 7.99. The normalized spacial score (nSPS) is 21.0. The molecule has 24 heavy (non-hydrogen) atoms. The van der Waals surface area contributed by atoms with Gasteiger partial charge in [-0.1, -0.05) is 31.5 Å². The highest BCUT2D eigenvalue weighted by atomic mass is 32.2. The first kappa shape index (κ1) is 17.1. The van der Waals surface area contributed by atoms with Gasteiger partial charge in [-0.05, 0) is 31.7 Å². The number of thioether (sulfide) groups is 1. The van der Waals surface area contributed by atoms with Crippen LogP contribution in [0.2, 0.25) is 0 Å². The van der Waals surface area contributed by atoms with Crippen LogP contribution in [0.15, 0.2) is 21.9 Å². The quantitative estimate of drug-likeness (QED) is 0.840. The summed E-state index contributed by atoms with van der Waals surface area (Å²) in [6.07, 6.45) is 6.42. The minimum Gasteiger partial charge on any atom is -0.469 e. The monoisotopic (exact) mass is 348 g/mol. The second-order valence-electron chi connectivity index (χ2n) is 6.48. The Labute approximate surface area is 146 Å². The molecule has 1 N–H and O–H groups in total. The predicted molar refractivity (Wildman–Crippen MR) is 93.7 cm³/mol. The van der Waals surface area contributed by atoms with Crippen LogP contribution in [-0.2, 0) is 11.8 Å². The van der Waals surface area contributed by atoms with Crippen molar-refractivity contribution in [3.63, 3.8) is 0 Å². The van der Waals surface area contributed by atoms with Crippen molar-refractivity contribution in [2.24, 2.45) is 13.0 Å². The fourth-order valence-corrected chi connectivity index (χ4v) is 3.92. The van der Waals surface area contributed by atoms with Gasteiger partial charge in [0.15, 0.2) is 11.0 Å². The van der Waals surface area contributed by atoms with Gasteiger partial charge in [0.05, 0.1) is 17.6 Å². The van der Waals surface area contributed by atoms with Crippen LogP contribution in [0.5, 0.6) is 0 Å². The molecule has 3 rings (SSSR count). The van der Waals surface area contributed by atoms with E-state index in [1.165, 1.54) is 31.0 Å². The maximum absolute atomic E-state index is 12.2. The molecule has 130 valence electrons. The predicted octanol–water partition coefficient (Wildman–Crippen LogP) is 3.17. The molecule has 1 saturated carbocycles. The van der Waals surface area contributed by atoms with Gasteiger partial charge in [-0.25, -0.2) is 0 Å². The third-order valence-electron chi connectivity index (χ3n) is 4.72. The van der Waals surface area contributed by atoms with Crippen molar-refractivity contribution in [3.05, 3.63) is 18.1 Å². The summed E-state index contributed by atoms with van der Waals surface area (Å²) >= 11 is 1.42. The molecule has 2 atom stereocenters. The second-order valence-corrected chi connectivity index (χ2v) is 7.42. The van der Waals surface area contributed by atoms with Crippen molar-refractivity contribution < 1.29 is 9.21 Å². The Balaban J connectivity index is 1.58. The number of amides is 1. The molecule has 0 unspecified atom stereocenters. The van der Waals surface area contributed by atoms with Gasteiger partial charge in [-0.15, -0.1) is 10.2 Å². The van der Waals surface area contributed by atoms with Crippen molar-refractivity contribution >= 4 is 17.7 Å². The molecule has 1 amide bonds. The summed E-state index contributed by atoms with van der Waals surface area (Å²) in [7, 11) is 1.91. The van der Waals surface area contributed by atoms with Gasteiger partial charge in [-0.3, -0.25) is 4.79 Å². The lowest BCUT2D eigenvalue weighted by atomic mass is 9.86. The fourth-order valence-electron chi connectivity index (χ4n) is 3.20. The number of hydrogen-bond donors (Lipinski definition) is 1. The second kappa shape index (κ2) is 7.42. The number of nitrogens with zero attached hydrogens (tertiary/aromatic N) is 3. The van der Waals surface area contributed by atoms with Gasteiger partial charge < -0.3 is 14.3 Å². The van der Waals surface area contributed by atoms with Crippen LogP contribution in [0.1, 0.15) is 38.4 Å². The highest BCUT2D eigenvalue weighted by Gasteiger charge is 2.23. The summed E-state index contributed by atoms with van der Waals surface area (Å²) < 4.78 is 7.23. The zero-order valence-corrected chi connectivity index (χ0v) is 15.2. The molecule has 2 aromatic heterocycles. The van der Waals surface area contributed by atoms with E-state index in [0.717, 1.165) is 28.7 Å². The average Bonchev–Trinajstić information content (AvgIpc) is 3.13. The minimum absolute atomic E-state index is 0.0720. The molecule has 6 nitrogen and oxygen atoms in total. The van der Waals surface area contributed by atoms with E-state index in [2.05, 4.69) is 22.4 Å². The van der Waals surface area contributed by atoms with E-state index in [1.54, 1.807) is 6.26 Å². The number of rotatable bonds is 5. The first-order valence-electron chi connectivity index (χ1n) is 8.42. The summed E-state index contributed by atoms with van der Waals surface area (Å²) in [6, 6.07) is 2.20. The maximum Gasteiger partial charge on any atom is 0.230 e. The third kappa shape index (κ3) is 3.66. The zero-order chi connectivity index (χ0) is 17.1. The lowest BCUT2D eigenvalue weighted by molar-refractivity contribution is -0.119. The molecule has 1 aliphatic carbocycles. The average molecular weight is 348 g/mol. The van der Waals surface area contributed by atoms with Gasteiger partial charge in [0.25, 0.3) is 0 Å². The van der Waals surface area contributed by atoms with Crippen LogP contribution in [0.3, 0.4) is 0 Å².